The van der Waals surface area contributed by atoms with E-state index < -0.39 is 32.7 Å². The number of aromatic nitrogens is 1. The van der Waals surface area contributed by atoms with Gasteiger partial charge in [0.1, 0.15) is 16.3 Å². The van der Waals surface area contributed by atoms with Gasteiger partial charge in [-0.05, 0) is 18.2 Å². The Balaban J connectivity index is 0.000000387. The molecule has 0 aliphatic heterocycles. The SMILES string of the molecule is FC(F)(F)/C=C/[S+](c1ccccc1)c1ccccn1.O=S(=O)([O-])C(F)(F)F. The number of hydrogen-bond acceptors (Lipinski definition) is 4. The summed E-state index contributed by atoms with van der Waals surface area (Å²) < 4.78 is 95.9. The zero-order chi connectivity index (χ0) is 20.7. The van der Waals surface area contributed by atoms with E-state index in [1.807, 2.05) is 6.07 Å². The van der Waals surface area contributed by atoms with Crippen LogP contribution in [0.15, 0.2) is 76.1 Å². The van der Waals surface area contributed by atoms with Gasteiger partial charge in [0.2, 0.25) is 0 Å². The zero-order valence-electron chi connectivity index (χ0n) is 13.1. The number of rotatable bonds is 3. The Labute approximate surface area is 153 Å². The first-order chi connectivity index (χ1) is 12.3. The van der Waals surface area contributed by atoms with Crippen LogP contribution in [0.25, 0.3) is 0 Å². The number of hydrogen-bond donors (Lipinski definition) is 0. The van der Waals surface area contributed by atoms with Crippen molar-refractivity contribution in [2.45, 2.75) is 21.6 Å². The first-order valence-electron chi connectivity index (χ1n) is 6.79. The Morgan fingerprint density at radius 3 is 1.85 bits per heavy atom. The lowest BCUT2D eigenvalue weighted by molar-refractivity contribution is -0.0796. The number of benzene rings is 1. The molecule has 0 radical (unpaired) electrons. The van der Waals surface area contributed by atoms with Gasteiger partial charge in [-0.15, -0.1) is 0 Å². The van der Waals surface area contributed by atoms with Crippen molar-refractivity contribution in [2.75, 3.05) is 0 Å². The first-order valence-corrected chi connectivity index (χ1v) is 9.48. The van der Waals surface area contributed by atoms with Crippen LogP contribution in [0.2, 0.25) is 0 Å². The fourth-order valence-electron chi connectivity index (χ4n) is 1.46. The van der Waals surface area contributed by atoms with Gasteiger partial charge in [0.15, 0.2) is 15.0 Å². The highest BCUT2D eigenvalue weighted by Crippen LogP contribution is 2.25. The molecule has 1 unspecified atom stereocenters. The first kappa shape index (κ1) is 23.0. The van der Waals surface area contributed by atoms with Gasteiger partial charge in [0.25, 0.3) is 5.03 Å². The van der Waals surface area contributed by atoms with Crippen LogP contribution in [-0.2, 0) is 21.0 Å². The molecule has 0 aliphatic rings. The minimum atomic E-state index is -6.09. The Hall–Kier alpha value is -2.05. The number of nitrogens with zero attached hydrogens (tertiary/aromatic N) is 1. The molecule has 12 heteroatoms. The van der Waals surface area contributed by atoms with E-state index in [2.05, 4.69) is 4.98 Å². The van der Waals surface area contributed by atoms with E-state index >= 15 is 0 Å². The van der Waals surface area contributed by atoms with Crippen molar-refractivity contribution < 1.29 is 39.3 Å². The molecule has 0 fully saturated rings. The molecule has 0 bridgehead atoms. The van der Waals surface area contributed by atoms with E-state index in [1.165, 1.54) is 0 Å². The van der Waals surface area contributed by atoms with E-state index in [9.17, 15) is 26.3 Å². The van der Waals surface area contributed by atoms with Crippen molar-refractivity contribution >= 4 is 21.0 Å². The molecule has 1 aromatic heterocycles. The standard InChI is InChI=1S/C14H11F3NS.CHF3O3S/c15-14(16,17)9-11-19(12-6-2-1-3-7-12)13-8-4-5-10-18-13;2-1(3,4)8(5,6)7/h1-11H;(H,5,6,7)/q+1;/p-1/b11-9+;. The molecule has 4 nitrogen and oxygen atoms in total. The number of halogens is 6. The van der Waals surface area contributed by atoms with Crippen LogP contribution in [0.5, 0.6) is 0 Å². The third kappa shape index (κ3) is 8.45. The largest absolute Gasteiger partial charge is 0.741 e. The summed E-state index contributed by atoms with van der Waals surface area (Å²) >= 11 is 0. The third-order valence-corrected chi connectivity index (χ3v) is 4.98. The van der Waals surface area contributed by atoms with Crippen molar-refractivity contribution in [1.82, 2.24) is 4.98 Å². The Morgan fingerprint density at radius 2 is 1.44 bits per heavy atom. The average molecular weight is 431 g/mol. The highest BCUT2D eigenvalue weighted by Gasteiger charge is 2.37. The van der Waals surface area contributed by atoms with Crippen molar-refractivity contribution in [3.05, 3.63) is 66.2 Å². The van der Waals surface area contributed by atoms with Gasteiger partial charge in [0.05, 0.1) is 6.08 Å². The van der Waals surface area contributed by atoms with Crippen LogP contribution in [0.3, 0.4) is 0 Å². The second-order valence-corrected chi connectivity index (χ2v) is 7.77. The van der Waals surface area contributed by atoms with Gasteiger partial charge in [-0.25, -0.2) is 13.4 Å². The lowest BCUT2D eigenvalue weighted by Gasteiger charge is -2.08. The highest BCUT2D eigenvalue weighted by atomic mass is 32.2. The van der Waals surface area contributed by atoms with Gasteiger partial charge in [-0.3, -0.25) is 0 Å². The normalized spacial score (nSPS) is 13.7. The quantitative estimate of drug-likeness (QED) is 0.315. The second kappa shape index (κ2) is 9.24. The predicted molar refractivity (Wildman–Crippen MR) is 85.5 cm³/mol. The molecule has 27 heavy (non-hydrogen) atoms. The van der Waals surface area contributed by atoms with Gasteiger partial charge in [-0.1, -0.05) is 24.3 Å². The highest BCUT2D eigenvalue weighted by molar-refractivity contribution is 7.99. The predicted octanol–water partition coefficient (Wildman–Crippen LogP) is 4.25. The van der Waals surface area contributed by atoms with Crippen LogP contribution >= 0.6 is 0 Å². The average Bonchev–Trinajstić information content (AvgIpc) is 2.55. The van der Waals surface area contributed by atoms with Gasteiger partial charge in [0, 0.05) is 12.3 Å². The van der Waals surface area contributed by atoms with Crippen LogP contribution in [0, 0.1) is 0 Å². The monoisotopic (exact) mass is 431 g/mol. The van der Waals surface area contributed by atoms with Crippen molar-refractivity contribution in [1.29, 1.82) is 0 Å². The minimum absolute atomic E-state index is 0.276. The summed E-state index contributed by atoms with van der Waals surface area (Å²) in [6.45, 7) is 0. The molecule has 0 saturated carbocycles. The van der Waals surface area contributed by atoms with Crippen LogP contribution in [0.1, 0.15) is 0 Å². The van der Waals surface area contributed by atoms with Gasteiger partial charge >= 0.3 is 11.7 Å². The molecule has 0 aliphatic carbocycles. The van der Waals surface area contributed by atoms with Crippen molar-refractivity contribution in [3.63, 3.8) is 0 Å². The Kier molecular flexibility index (Phi) is 7.87. The number of pyridine rings is 1. The Morgan fingerprint density at radius 1 is 0.926 bits per heavy atom. The van der Waals surface area contributed by atoms with E-state index in [0.717, 1.165) is 10.3 Å². The van der Waals surface area contributed by atoms with Crippen molar-refractivity contribution in [3.8, 4) is 0 Å². The van der Waals surface area contributed by atoms with Gasteiger partial charge in [-0.2, -0.15) is 26.3 Å². The van der Waals surface area contributed by atoms with Crippen molar-refractivity contribution in [2.24, 2.45) is 0 Å². The van der Waals surface area contributed by atoms with E-state index in [-0.39, 0.29) is 6.08 Å². The molecule has 0 saturated heterocycles. The molecule has 1 heterocycles. The maximum absolute atomic E-state index is 12.3. The maximum atomic E-state index is 12.3. The summed E-state index contributed by atoms with van der Waals surface area (Å²) in [5.74, 6) is 0. The van der Waals surface area contributed by atoms with E-state index in [0.29, 0.717) is 5.03 Å². The summed E-state index contributed by atoms with van der Waals surface area (Å²) in [6.07, 6.45) is -2.45. The minimum Gasteiger partial charge on any atom is -0.741 e. The van der Waals surface area contributed by atoms with E-state index in [1.54, 1.807) is 48.7 Å². The summed E-state index contributed by atoms with van der Waals surface area (Å²) in [6, 6.07) is 14.3. The maximum Gasteiger partial charge on any atom is 0.485 e. The summed E-state index contributed by atoms with van der Waals surface area (Å²) in [4.78, 5) is 4.96. The molecular weight excluding hydrogens is 420 g/mol. The molecule has 148 valence electrons. The smallest absolute Gasteiger partial charge is 0.485 e. The van der Waals surface area contributed by atoms with Crippen LogP contribution < -0.4 is 0 Å². The lowest BCUT2D eigenvalue weighted by Crippen LogP contribution is -2.21. The number of alkyl halides is 6. The summed E-state index contributed by atoms with van der Waals surface area (Å²) in [5.41, 5.74) is -5.65. The van der Waals surface area contributed by atoms with E-state index in [4.69, 9.17) is 13.0 Å². The molecular formula is C15H11F6NO3S2. The van der Waals surface area contributed by atoms with Crippen LogP contribution in [0.4, 0.5) is 26.3 Å². The van der Waals surface area contributed by atoms with Crippen LogP contribution in [-0.4, -0.2) is 29.6 Å². The van der Waals surface area contributed by atoms with Gasteiger partial charge < -0.3 is 4.55 Å². The molecule has 0 amide bonds. The summed E-state index contributed by atoms with van der Waals surface area (Å²) in [7, 11) is -6.90. The summed E-state index contributed by atoms with van der Waals surface area (Å²) in [5, 5.41) is 1.78. The topological polar surface area (TPSA) is 70.1 Å². The fraction of sp³-hybridized carbons (Fsp3) is 0.133. The fourth-order valence-corrected chi connectivity index (χ4v) is 3.14. The molecule has 1 aromatic carbocycles. The number of allylic oxidation sites excluding steroid dienone is 1. The third-order valence-electron chi connectivity index (χ3n) is 2.54. The molecule has 0 N–H and O–H groups in total. The lowest BCUT2D eigenvalue weighted by atomic mass is 10.4. The molecule has 2 rings (SSSR count). The molecule has 1 atom stereocenters. The Bertz CT molecular complexity index is 798. The second-order valence-electron chi connectivity index (χ2n) is 4.56. The molecule has 2 aromatic rings. The molecule has 0 spiro atoms. The zero-order valence-corrected chi connectivity index (χ0v) is 14.7.